The largest absolute Gasteiger partial charge is 0.381 e. The van der Waals surface area contributed by atoms with Gasteiger partial charge >= 0.3 is 5.82 Å². The minimum Gasteiger partial charge on any atom is -0.358 e. The van der Waals surface area contributed by atoms with Crippen LogP contribution in [-0.2, 0) is 11.3 Å². The molecular formula is C8H13N5O3. The summed E-state index contributed by atoms with van der Waals surface area (Å²) < 4.78 is 1.48. The molecule has 0 saturated heterocycles. The summed E-state index contributed by atoms with van der Waals surface area (Å²) in [5.74, 6) is 4.44. The van der Waals surface area contributed by atoms with Crippen molar-refractivity contribution in [3.05, 3.63) is 22.6 Å². The van der Waals surface area contributed by atoms with E-state index in [-0.39, 0.29) is 18.3 Å². The molecule has 0 atom stereocenters. The summed E-state index contributed by atoms with van der Waals surface area (Å²) in [6, 6.07) is 0. The lowest BCUT2D eigenvalue weighted by atomic mass is 9.92. The zero-order valence-electron chi connectivity index (χ0n) is 9.01. The highest BCUT2D eigenvalue weighted by Crippen LogP contribution is 2.19. The summed E-state index contributed by atoms with van der Waals surface area (Å²) in [6.07, 6.45) is 2.58. The quantitative estimate of drug-likeness (QED) is 0.320. The van der Waals surface area contributed by atoms with E-state index in [2.05, 4.69) is 4.98 Å². The fourth-order valence-corrected chi connectivity index (χ4v) is 1.25. The van der Waals surface area contributed by atoms with E-state index in [1.54, 1.807) is 13.8 Å². The third-order valence-corrected chi connectivity index (χ3v) is 2.13. The van der Waals surface area contributed by atoms with Gasteiger partial charge in [-0.1, -0.05) is 0 Å². The molecule has 0 bridgehead atoms. The number of hydrazine groups is 1. The normalized spacial score (nSPS) is 11.2. The standard InChI is InChI=1S/C8H13N5O3/c1-8(2,7(14)11-9)4-12-3-6(10-5-12)13(15)16/h3,5H,4,9H2,1-2H3,(H,11,14). The number of nitrogens with two attached hydrogens (primary N) is 1. The summed E-state index contributed by atoms with van der Waals surface area (Å²) in [5, 5.41) is 10.4. The molecule has 1 amide bonds. The molecule has 0 fully saturated rings. The van der Waals surface area contributed by atoms with Crippen LogP contribution in [0.2, 0.25) is 0 Å². The van der Waals surface area contributed by atoms with E-state index < -0.39 is 10.3 Å². The first-order chi connectivity index (χ1) is 7.36. The number of hydrogen-bond acceptors (Lipinski definition) is 5. The van der Waals surface area contributed by atoms with Gasteiger partial charge in [0.15, 0.2) is 0 Å². The van der Waals surface area contributed by atoms with Crippen LogP contribution < -0.4 is 11.3 Å². The zero-order valence-corrected chi connectivity index (χ0v) is 9.01. The summed E-state index contributed by atoms with van der Waals surface area (Å²) in [6.45, 7) is 3.62. The molecule has 16 heavy (non-hydrogen) atoms. The van der Waals surface area contributed by atoms with Crippen molar-refractivity contribution in [1.29, 1.82) is 0 Å². The van der Waals surface area contributed by atoms with Gasteiger partial charge in [0.05, 0.1) is 5.41 Å². The molecule has 1 rings (SSSR count). The molecule has 1 heterocycles. The van der Waals surface area contributed by atoms with Gasteiger partial charge in [0, 0.05) is 6.54 Å². The van der Waals surface area contributed by atoms with Crippen LogP contribution in [0.3, 0.4) is 0 Å². The number of imidazole rings is 1. The van der Waals surface area contributed by atoms with Crippen molar-refractivity contribution in [3.63, 3.8) is 0 Å². The van der Waals surface area contributed by atoms with Gasteiger partial charge in [-0.25, -0.2) is 5.84 Å². The van der Waals surface area contributed by atoms with Crippen molar-refractivity contribution in [2.24, 2.45) is 11.3 Å². The van der Waals surface area contributed by atoms with Gasteiger partial charge in [-0.3, -0.25) is 10.2 Å². The number of carbonyl (C=O) groups excluding carboxylic acids is 1. The molecule has 0 aromatic carbocycles. The summed E-state index contributed by atoms with van der Waals surface area (Å²) in [4.78, 5) is 24.8. The van der Waals surface area contributed by atoms with Crippen molar-refractivity contribution in [1.82, 2.24) is 15.0 Å². The average molecular weight is 227 g/mol. The predicted molar refractivity (Wildman–Crippen MR) is 55.0 cm³/mol. The second-order valence-electron chi connectivity index (χ2n) is 4.02. The molecule has 0 aliphatic heterocycles. The van der Waals surface area contributed by atoms with Gasteiger partial charge in [0.1, 0.15) is 6.20 Å². The Bertz CT molecular complexity index is 412. The minimum atomic E-state index is -0.761. The topological polar surface area (TPSA) is 116 Å². The maximum Gasteiger partial charge on any atom is 0.381 e. The van der Waals surface area contributed by atoms with Crippen LogP contribution in [0, 0.1) is 15.5 Å². The van der Waals surface area contributed by atoms with Crippen molar-refractivity contribution in [3.8, 4) is 0 Å². The highest BCUT2D eigenvalue weighted by atomic mass is 16.6. The van der Waals surface area contributed by atoms with E-state index in [9.17, 15) is 14.9 Å². The molecule has 0 aliphatic rings. The second kappa shape index (κ2) is 4.27. The smallest absolute Gasteiger partial charge is 0.358 e. The Kier molecular flexibility index (Phi) is 3.23. The van der Waals surface area contributed by atoms with E-state index in [1.165, 1.54) is 17.1 Å². The third kappa shape index (κ3) is 2.54. The zero-order chi connectivity index (χ0) is 12.3. The molecule has 3 N–H and O–H groups in total. The Balaban J connectivity index is 2.80. The molecule has 8 nitrogen and oxygen atoms in total. The van der Waals surface area contributed by atoms with E-state index in [4.69, 9.17) is 5.84 Å². The first-order valence-electron chi connectivity index (χ1n) is 4.54. The molecule has 8 heteroatoms. The van der Waals surface area contributed by atoms with Gasteiger partial charge in [0.25, 0.3) is 0 Å². The molecular weight excluding hydrogens is 214 g/mol. The first-order valence-corrected chi connectivity index (χ1v) is 4.54. The maximum absolute atomic E-state index is 11.4. The predicted octanol–water partition coefficient (Wildman–Crippen LogP) is -0.193. The van der Waals surface area contributed by atoms with Crippen LogP contribution in [0.4, 0.5) is 5.82 Å². The van der Waals surface area contributed by atoms with Crippen molar-refractivity contribution in [2.75, 3.05) is 0 Å². The van der Waals surface area contributed by atoms with Crippen molar-refractivity contribution < 1.29 is 9.72 Å². The van der Waals surface area contributed by atoms with Crippen LogP contribution in [0.5, 0.6) is 0 Å². The number of aromatic nitrogens is 2. The molecule has 0 spiro atoms. The lowest BCUT2D eigenvalue weighted by Crippen LogP contribution is -2.43. The molecule has 1 aromatic heterocycles. The first kappa shape index (κ1) is 12.1. The van der Waals surface area contributed by atoms with E-state index in [1.807, 2.05) is 5.43 Å². The van der Waals surface area contributed by atoms with E-state index >= 15 is 0 Å². The number of hydrogen-bond donors (Lipinski definition) is 2. The van der Waals surface area contributed by atoms with Gasteiger partial charge < -0.3 is 14.7 Å². The van der Waals surface area contributed by atoms with Gasteiger partial charge in [-0.05, 0) is 23.8 Å². The maximum atomic E-state index is 11.4. The van der Waals surface area contributed by atoms with Crippen LogP contribution in [0.15, 0.2) is 12.5 Å². The lowest BCUT2D eigenvalue weighted by molar-refractivity contribution is -0.389. The van der Waals surface area contributed by atoms with Gasteiger partial charge in [-0.2, -0.15) is 0 Å². The second-order valence-corrected chi connectivity index (χ2v) is 4.02. The monoisotopic (exact) mass is 227 g/mol. The van der Waals surface area contributed by atoms with E-state index in [0.717, 1.165) is 0 Å². The number of nitro groups is 1. The van der Waals surface area contributed by atoms with Crippen LogP contribution in [0.1, 0.15) is 13.8 Å². The fourth-order valence-electron chi connectivity index (χ4n) is 1.25. The van der Waals surface area contributed by atoms with Crippen LogP contribution >= 0.6 is 0 Å². The van der Waals surface area contributed by atoms with Crippen molar-refractivity contribution >= 4 is 11.7 Å². The highest BCUT2D eigenvalue weighted by molar-refractivity contribution is 5.81. The Morgan fingerprint density at radius 3 is 2.81 bits per heavy atom. The van der Waals surface area contributed by atoms with Crippen LogP contribution in [0.25, 0.3) is 0 Å². The Morgan fingerprint density at radius 2 is 2.38 bits per heavy atom. The third-order valence-electron chi connectivity index (χ3n) is 2.13. The Morgan fingerprint density at radius 1 is 1.75 bits per heavy atom. The Labute approximate surface area is 91.6 Å². The number of carbonyl (C=O) groups is 1. The number of nitrogens with one attached hydrogen (secondary N) is 1. The molecule has 88 valence electrons. The molecule has 1 aromatic rings. The minimum absolute atomic E-state index is 0.246. The molecule has 0 radical (unpaired) electrons. The summed E-state index contributed by atoms with van der Waals surface area (Å²) >= 11 is 0. The molecule has 0 aliphatic carbocycles. The highest BCUT2D eigenvalue weighted by Gasteiger charge is 2.28. The SMILES string of the molecule is CC(C)(Cn1cnc([N+](=O)[O-])c1)C(=O)NN. The van der Waals surface area contributed by atoms with E-state index in [0.29, 0.717) is 0 Å². The number of nitrogens with zero attached hydrogens (tertiary/aromatic N) is 3. The summed E-state index contributed by atoms with van der Waals surface area (Å²) in [5.41, 5.74) is 1.29. The number of rotatable bonds is 4. The van der Waals surface area contributed by atoms with Gasteiger partial charge in [-0.15, -0.1) is 0 Å². The molecule has 0 unspecified atom stereocenters. The molecule has 0 saturated carbocycles. The average Bonchev–Trinajstić information content (AvgIpc) is 2.64. The lowest BCUT2D eigenvalue weighted by Gasteiger charge is -2.21. The van der Waals surface area contributed by atoms with Crippen LogP contribution in [-0.4, -0.2) is 20.4 Å². The fraction of sp³-hybridized carbons (Fsp3) is 0.500. The number of amides is 1. The van der Waals surface area contributed by atoms with Gasteiger partial charge in [0.2, 0.25) is 12.2 Å². The summed E-state index contributed by atoms with van der Waals surface area (Å²) in [7, 11) is 0. The Hall–Kier alpha value is -1.96. The van der Waals surface area contributed by atoms with Crippen molar-refractivity contribution in [2.45, 2.75) is 20.4 Å².